The van der Waals surface area contributed by atoms with Crippen LogP contribution in [0.3, 0.4) is 0 Å². The van der Waals surface area contributed by atoms with Crippen molar-refractivity contribution in [2.24, 2.45) is 0 Å². The number of nitrogens with one attached hydrogen (secondary N) is 2. The van der Waals surface area contributed by atoms with E-state index in [2.05, 4.69) is 15.3 Å². The highest BCUT2D eigenvalue weighted by atomic mass is 16.5. The van der Waals surface area contributed by atoms with Crippen molar-refractivity contribution in [1.82, 2.24) is 15.3 Å². The van der Waals surface area contributed by atoms with Gasteiger partial charge in [0.25, 0.3) is 0 Å². The van der Waals surface area contributed by atoms with Gasteiger partial charge in [0.1, 0.15) is 6.23 Å². The second-order valence-electron chi connectivity index (χ2n) is 2.32. The van der Waals surface area contributed by atoms with Gasteiger partial charge in [-0.05, 0) is 14.0 Å². The van der Waals surface area contributed by atoms with Gasteiger partial charge in [-0.2, -0.15) is 0 Å². The number of imidazole rings is 1. The van der Waals surface area contributed by atoms with Crippen LogP contribution in [0.1, 0.15) is 12.6 Å². The summed E-state index contributed by atoms with van der Waals surface area (Å²) >= 11 is 0. The van der Waals surface area contributed by atoms with Crippen molar-refractivity contribution in [3.63, 3.8) is 0 Å². The standard InChI is InChI=1S/C7H13N3O/c1-6(8-2)11-4-7-3-9-5-10-7/h3,5-6,8H,4H2,1-2H3,(H,9,10). The molecule has 1 aromatic heterocycles. The molecule has 1 aromatic rings. The molecule has 1 atom stereocenters. The van der Waals surface area contributed by atoms with Gasteiger partial charge in [0.2, 0.25) is 0 Å². The molecule has 0 radical (unpaired) electrons. The van der Waals surface area contributed by atoms with E-state index >= 15 is 0 Å². The van der Waals surface area contributed by atoms with Crippen LogP contribution in [0.2, 0.25) is 0 Å². The Labute approximate surface area is 66.0 Å². The third-order valence-electron chi connectivity index (χ3n) is 1.45. The maximum absolute atomic E-state index is 5.35. The fourth-order valence-electron chi connectivity index (χ4n) is 0.662. The van der Waals surface area contributed by atoms with Gasteiger partial charge < -0.3 is 9.72 Å². The molecule has 0 aliphatic carbocycles. The summed E-state index contributed by atoms with van der Waals surface area (Å²) in [5.41, 5.74) is 0.993. The topological polar surface area (TPSA) is 49.9 Å². The van der Waals surface area contributed by atoms with Gasteiger partial charge in [-0.25, -0.2) is 4.98 Å². The molecule has 0 amide bonds. The van der Waals surface area contributed by atoms with Crippen molar-refractivity contribution in [2.45, 2.75) is 19.8 Å². The Morgan fingerprint density at radius 1 is 1.82 bits per heavy atom. The lowest BCUT2D eigenvalue weighted by Crippen LogP contribution is -2.24. The van der Waals surface area contributed by atoms with Crippen molar-refractivity contribution >= 4 is 0 Å². The largest absolute Gasteiger partial charge is 0.357 e. The van der Waals surface area contributed by atoms with E-state index in [9.17, 15) is 0 Å². The highest BCUT2D eigenvalue weighted by molar-refractivity contribution is 4.91. The van der Waals surface area contributed by atoms with E-state index in [4.69, 9.17) is 4.74 Å². The number of hydrogen-bond acceptors (Lipinski definition) is 3. The summed E-state index contributed by atoms with van der Waals surface area (Å²) in [5.74, 6) is 0. The lowest BCUT2D eigenvalue weighted by atomic mass is 10.5. The van der Waals surface area contributed by atoms with Crippen LogP contribution in [-0.2, 0) is 11.3 Å². The summed E-state index contributed by atoms with van der Waals surface area (Å²) in [4.78, 5) is 6.82. The number of nitrogens with zero attached hydrogens (tertiary/aromatic N) is 1. The Morgan fingerprint density at radius 2 is 2.64 bits per heavy atom. The average Bonchev–Trinajstić information content (AvgIpc) is 2.52. The summed E-state index contributed by atoms with van der Waals surface area (Å²) in [6.45, 7) is 2.53. The molecule has 4 nitrogen and oxygen atoms in total. The summed E-state index contributed by atoms with van der Waals surface area (Å²) < 4.78 is 5.35. The van der Waals surface area contributed by atoms with Crippen LogP contribution in [0.5, 0.6) is 0 Å². The maximum Gasteiger partial charge on any atom is 0.105 e. The van der Waals surface area contributed by atoms with E-state index in [-0.39, 0.29) is 6.23 Å². The molecule has 2 N–H and O–H groups in total. The van der Waals surface area contributed by atoms with Gasteiger partial charge in [0.05, 0.1) is 24.8 Å². The normalized spacial score (nSPS) is 13.3. The molecule has 0 bridgehead atoms. The summed E-state index contributed by atoms with van der Waals surface area (Å²) in [6.07, 6.45) is 3.48. The lowest BCUT2D eigenvalue weighted by Gasteiger charge is -2.09. The maximum atomic E-state index is 5.35. The summed E-state index contributed by atoms with van der Waals surface area (Å²) in [6, 6.07) is 0. The second kappa shape index (κ2) is 4.10. The molecule has 0 saturated carbocycles. The summed E-state index contributed by atoms with van der Waals surface area (Å²) in [5, 5.41) is 2.97. The second-order valence-corrected chi connectivity index (χ2v) is 2.32. The van der Waals surface area contributed by atoms with Crippen molar-refractivity contribution in [3.05, 3.63) is 18.2 Å². The predicted molar refractivity (Wildman–Crippen MR) is 41.9 cm³/mol. The average molecular weight is 155 g/mol. The van der Waals surface area contributed by atoms with E-state index in [1.54, 1.807) is 12.5 Å². The van der Waals surface area contributed by atoms with Crippen LogP contribution >= 0.6 is 0 Å². The Bertz CT molecular complexity index is 186. The third kappa shape index (κ3) is 2.69. The third-order valence-corrected chi connectivity index (χ3v) is 1.45. The van der Waals surface area contributed by atoms with Crippen molar-refractivity contribution in [3.8, 4) is 0 Å². The SMILES string of the molecule is CNC(C)OCc1cnc[nH]1. The summed E-state index contributed by atoms with van der Waals surface area (Å²) in [7, 11) is 1.86. The van der Waals surface area contributed by atoms with Crippen LogP contribution in [0.4, 0.5) is 0 Å². The first kappa shape index (κ1) is 8.23. The van der Waals surface area contributed by atoms with Gasteiger partial charge in [-0.1, -0.05) is 0 Å². The monoisotopic (exact) mass is 155 g/mol. The van der Waals surface area contributed by atoms with Crippen molar-refractivity contribution in [2.75, 3.05) is 7.05 Å². The molecule has 0 aliphatic heterocycles. The zero-order valence-electron chi connectivity index (χ0n) is 6.79. The van der Waals surface area contributed by atoms with Crippen molar-refractivity contribution < 1.29 is 4.74 Å². The minimum atomic E-state index is 0.0818. The predicted octanol–water partition coefficient (Wildman–Crippen LogP) is 0.492. The van der Waals surface area contributed by atoms with E-state index in [1.165, 1.54) is 0 Å². The van der Waals surface area contributed by atoms with E-state index in [1.807, 2.05) is 14.0 Å². The molecule has 0 aromatic carbocycles. The van der Waals surface area contributed by atoms with Crippen LogP contribution in [0.25, 0.3) is 0 Å². The van der Waals surface area contributed by atoms with Crippen LogP contribution in [-0.4, -0.2) is 23.2 Å². The molecule has 1 heterocycles. The van der Waals surface area contributed by atoms with E-state index < -0.39 is 0 Å². The molecule has 1 unspecified atom stereocenters. The van der Waals surface area contributed by atoms with Gasteiger partial charge in [0, 0.05) is 0 Å². The molecule has 0 saturated heterocycles. The molecule has 0 fully saturated rings. The first-order valence-corrected chi connectivity index (χ1v) is 3.59. The Balaban J connectivity index is 2.23. The van der Waals surface area contributed by atoms with Crippen LogP contribution < -0.4 is 5.32 Å². The van der Waals surface area contributed by atoms with E-state index in [0.717, 1.165) is 5.69 Å². The molecule has 0 spiro atoms. The van der Waals surface area contributed by atoms with Crippen LogP contribution in [0.15, 0.2) is 12.5 Å². The van der Waals surface area contributed by atoms with Gasteiger partial charge in [-0.15, -0.1) is 0 Å². The number of H-pyrrole nitrogens is 1. The molecular formula is C7H13N3O. The molecule has 1 rings (SSSR count). The lowest BCUT2D eigenvalue weighted by molar-refractivity contribution is 0.0341. The van der Waals surface area contributed by atoms with Gasteiger partial charge in [-0.3, -0.25) is 5.32 Å². The minimum absolute atomic E-state index is 0.0818. The smallest absolute Gasteiger partial charge is 0.105 e. The number of hydrogen-bond donors (Lipinski definition) is 2. The first-order valence-electron chi connectivity index (χ1n) is 3.59. The molecular weight excluding hydrogens is 142 g/mol. The highest BCUT2D eigenvalue weighted by Crippen LogP contribution is 1.95. The first-order chi connectivity index (χ1) is 5.33. The quantitative estimate of drug-likeness (QED) is 0.622. The zero-order valence-corrected chi connectivity index (χ0v) is 6.79. The fraction of sp³-hybridized carbons (Fsp3) is 0.571. The number of rotatable bonds is 4. The zero-order chi connectivity index (χ0) is 8.10. The Morgan fingerprint density at radius 3 is 3.18 bits per heavy atom. The minimum Gasteiger partial charge on any atom is -0.357 e. The Kier molecular flexibility index (Phi) is 3.07. The van der Waals surface area contributed by atoms with Gasteiger partial charge >= 0.3 is 0 Å². The molecule has 4 heteroatoms. The van der Waals surface area contributed by atoms with Gasteiger partial charge in [0.15, 0.2) is 0 Å². The van der Waals surface area contributed by atoms with E-state index in [0.29, 0.717) is 6.61 Å². The highest BCUT2D eigenvalue weighted by Gasteiger charge is 1.98. The molecule has 11 heavy (non-hydrogen) atoms. The number of ether oxygens (including phenoxy) is 1. The number of aromatic amines is 1. The fourth-order valence-corrected chi connectivity index (χ4v) is 0.662. The molecule has 62 valence electrons. The number of aromatic nitrogens is 2. The molecule has 0 aliphatic rings. The Hall–Kier alpha value is -0.870. The van der Waals surface area contributed by atoms with Crippen LogP contribution in [0, 0.1) is 0 Å². The van der Waals surface area contributed by atoms with Crippen molar-refractivity contribution in [1.29, 1.82) is 0 Å².